The lowest BCUT2D eigenvalue weighted by Crippen LogP contribution is -2.12. The fourth-order valence-corrected chi connectivity index (χ4v) is 2.86. The molecule has 0 radical (unpaired) electrons. The second-order valence-electron chi connectivity index (χ2n) is 5.97. The highest BCUT2D eigenvalue weighted by atomic mass is 16.5. The molecule has 0 atom stereocenters. The van der Waals surface area contributed by atoms with Crippen LogP contribution in [0.3, 0.4) is 0 Å². The molecule has 146 valence electrons. The summed E-state index contributed by atoms with van der Waals surface area (Å²) in [5, 5.41) is 9.55. The Labute approximate surface area is 159 Å². The lowest BCUT2D eigenvalue weighted by Gasteiger charge is -2.24. The van der Waals surface area contributed by atoms with Gasteiger partial charge in [-0.3, -0.25) is 0 Å². The maximum atomic E-state index is 11.7. The maximum Gasteiger partial charge on any atom is 0.339 e. The molecule has 3 rings (SSSR count). The number of ether oxygens (including phenoxy) is 4. The topological polar surface area (TPSA) is 74.2 Å². The lowest BCUT2D eigenvalue weighted by atomic mass is 9.94. The van der Waals surface area contributed by atoms with E-state index < -0.39 is 5.97 Å². The van der Waals surface area contributed by atoms with Crippen LogP contribution in [0.15, 0.2) is 24.3 Å². The first-order chi connectivity index (χ1) is 12.9. The van der Waals surface area contributed by atoms with E-state index in [0.717, 1.165) is 11.1 Å². The number of carboxylic acid groups (broad SMARTS) is 1. The molecule has 27 heavy (non-hydrogen) atoms. The molecule has 1 N–H and O–H groups in total. The number of carboxylic acids is 1. The minimum absolute atomic E-state index is 0.0960. The van der Waals surface area contributed by atoms with Crippen LogP contribution >= 0.6 is 0 Å². The van der Waals surface area contributed by atoms with Gasteiger partial charge in [-0.2, -0.15) is 0 Å². The highest BCUT2D eigenvalue weighted by Gasteiger charge is 2.25. The van der Waals surface area contributed by atoms with Gasteiger partial charge >= 0.3 is 5.97 Å². The molecule has 1 heterocycles. The molecule has 0 amide bonds. The zero-order valence-electron chi connectivity index (χ0n) is 16.6. The standard InChI is InChI=1S/C19H20O6.C2H6/c1-10(2)25-16-8-15-13(6-14(16)19(20)21)12-7-18(23-4)17(22-3)5-11(12)9-24-15;1-2/h5-8,10H,9H2,1-4H3,(H,20,21);1-2H3. The molecule has 1 aliphatic rings. The van der Waals surface area contributed by atoms with E-state index in [0.29, 0.717) is 35.2 Å². The predicted octanol–water partition coefficient (Wildman–Crippen LogP) is 4.77. The molecule has 0 bridgehead atoms. The van der Waals surface area contributed by atoms with E-state index in [1.54, 1.807) is 26.4 Å². The van der Waals surface area contributed by atoms with Gasteiger partial charge in [-0.05, 0) is 37.6 Å². The van der Waals surface area contributed by atoms with Crippen LogP contribution in [0.25, 0.3) is 11.1 Å². The molecule has 0 fully saturated rings. The SMILES string of the molecule is CC.COc1cc2c(cc1OC)-c1cc(C(=O)O)c(OC(C)C)cc1OC2. The van der Waals surface area contributed by atoms with Crippen LogP contribution in [0.1, 0.15) is 43.6 Å². The van der Waals surface area contributed by atoms with E-state index in [-0.39, 0.29) is 11.7 Å². The molecule has 2 aromatic rings. The van der Waals surface area contributed by atoms with Gasteiger partial charge in [0.15, 0.2) is 11.5 Å². The largest absolute Gasteiger partial charge is 0.493 e. The number of benzene rings is 2. The normalized spacial score (nSPS) is 11.4. The Kier molecular flexibility index (Phi) is 6.55. The third kappa shape index (κ3) is 4.10. The summed E-state index contributed by atoms with van der Waals surface area (Å²) in [5.74, 6) is 1.01. The van der Waals surface area contributed by atoms with Crippen LogP contribution in [0.5, 0.6) is 23.0 Å². The summed E-state index contributed by atoms with van der Waals surface area (Å²) in [7, 11) is 3.13. The number of methoxy groups -OCH3 is 2. The molecule has 0 unspecified atom stereocenters. The molecule has 0 aliphatic carbocycles. The second kappa shape index (κ2) is 8.66. The third-order valence-corrected chi connectivity index (χ3v) is 3.96. The van der Waals surface area contributed by atoms with Gasteiger partial charge in [-0.1, -0.05) is 13.8 Å². The first-order valence-corrected chi connectivity index (χ1v) is 8.90. The number of hydrogen-bond donors (Lipinski definition) is 1. The molecular formula is C21H26O6. The van der Waals surface area contributed by atoms with E-state index in [4.69, 9.17) is 18.9 Å². The number of rotatable bonds is 5. The quantitative estimate of drug-likeness (QED) is 0.812. The van der Waals surface area contributed by atoms with Crippen molar-refractivity contribution in [3.8, 4) is 34.1 Å². The van der Waals surface area contributed by atoms with Gasteiger partial charge in [0, 0.05) is 17.2 Å². The van der Waals surface area contributed by atoms with Crippen LogP contribution in [0.4, 0.5) is 0 Å². The zero-order valence-corrected chi connectivity index (χ0v) is 16.6. The highest BCUT2D eigenvalue weighted by molar-refractivity contribution is 5.94. The minimum atomic E-state index is -1.05. The number of fused-ring (bicyclic) bond motifs is 3. The highest BCUT2D eigenvalue weighted by Crippen LogP contribution is 2.45. The van der Waals surface area contributed by atoms with Crippen molar-refractivity contribution in [2.24, 2.45) is 0 Å². The average Bonchev–Trinajstić information content (AvgIpc) is 2.67. The predicted molar refractivity (Wildman–Crippen MR) is 103 cm³/mol. The van der Waals surface area contributed by atoms with Crippen molar-refractivity contribution in [2.75, 3.05) is 14.2 Å². The third-order valence-electron chi connectivity index (χ3n) is 3.96. The van der Waals surface area contributed by atoms with E-state index in [1.807, 2.05) is 39.8 Å². The summed E-state index contributed by atoms with van der Waals surface area (Å²) < 4.78 is 22.1. The van der Waals surface area contributed by atoms with E-state index >= 15 is 0 Å². The first-order valence-electron chi connectivity index (χ1n) is 8.90. The molecule has 6 heteroatoms. The van der Waals surface area contributed by atoms with Crippen LogP contribution in [0, 0.1) is 0 Å². The van der Waals surface area contributed by atoms with Gasteiger partial charge < -0.3 is 24.1 Å². The number of hydrogen-bond acceptors (Lipinski definition) is 5. The summed E-state index contributed by atoms with van der Waals surface area (Å²) in [6, 6.07) is 6.90. The molecule has 1 aliphatic heterocycles. The van der Waals surface area contributed by atoms with Crippen molar-refractivity contribution in [3.63, 3.8) is 0 Å². The summed E-state index contributed by atoms with van der Waals surface area (Å²) in [6.45, 7) is 8.05. The van der Waals surface area contributed by atoms with Crippen molar-refractivity contribution in [2.45, 2.75) is 40.4 Å². The van der Waals surface area contributed by atoms with Crippen LogP contribution < -0.4 is 18.9 Å². The Morgan fingerprint density at radius 1 is 1.00 bits per heavy atom. The van der Waals surface area contributed by atoms with Crippen molar-refractivity contribution >= 4 is 5.97 Å². The van der Waals surface area contributed by atoms with Crippen molar-refractivity contribution in [1.82, 2.24) is 0 Å². The fourth-order valence-electron chi connectivity index (χ4n) is 2.86. The molecular weight excluding hydrogens is 348 g/mol. The Morgan fingerprint density at radius 2 is 1.63 bits per heavy atom. The molecule has 2 aromatic carbocycles. The summed E-state index contributed by atoms with van der Waals surface area (Å²) in [5.41, 5.74) is 2.55. The smallest absolute Gasteiger partial charge is 0.339 e. The van der Waals surface area contributed by atoms with E-state index in [2.05, 4.69) is 0 Å². The molecule has 0 saturated carbocycles. The fraction of sp³-hybridized carbons (Fsp3) is 0.381. The Balaban J connectivity index is 0.00000126. The average molecular weight is 374 g/mol. The zero-order chi connectivity index (χ0) is 20.1. The van der Waals surface area contributed by atoms with Crippen molar-refractivity contribution < 1.29 is 28.8 Å². The summed E-state index contributed by atoms with van der Waals surface area (Å²) in [4.78, 5) is 11.7. The van der Waals surface area contributed by atoms with Crippen LogP contribution in [-0.2, 0) is 6.61 Å². The molecule has 0 spiro atoms. The van der Waals surface area contributed by atoms with Gasteiger partial charge in [0.1, 0.15) is 23.7 Å². The Morgan fingerprint density at radius 3 is 2.19 bits per heavy atom. The van der Waals surface area contributed by atoms with Gasteiger partial charge in [0.25, 0.3) is 0 Å². The number of carbonyl (C=O) groups is 1. The van der Waals surface area contributed by atoms with Crippen molar-refractivity contribution in [1.29, 1.82) is 0 Å². The molecule has 6 nitrogen and oxygen atoms in total. The maximum absolute atomic E-state index is 11.7. The van der Waals surface area contributed by atoms with E-state index in [1.165, 1.54) is 0 Å². The van der Waals surface area contributed by atoms with Crippen molar-refractivity contribution in [3.05, 3.63) is 35.4 Å². The van der Waals surface area contributed by atoms with E-state index in [9.17, 15) is 9.90 Å². The van der Waals surface area contributed by atoms with Gasteiger partial charge in [-0.25, -0.2) is 4.79 Å². The van der Waals surface area contributed by atoms with Gasteiger partial charge in [0.05, 0.1) is 20.3 Å². The first kappa shape index (κ1) is 20.4. The Hall–Kier alpha value is -2.89. The Bertz CT molecular complexity index is 826. The lowest BCUT2D eigenvalue weighted by molar-refractivity contribution is 0.0690. The second-order valence-corrected chi connectivity index (χ2v) is 5.97. The summed E-state index contributed by atoms with van der Waals surface area (Å²) in [6.07, 6.45) is -0.142. The summed E-state index contributed by atoms with van der Waals surface area (Å²) >= 11 is 0. The van der Waals surface area contributed by atoms with Gasteiger partial charge in [0.2, 0.25) is 0 Å². The minimum Gasteiger partial charge on any atom is -0.493 e. The van der Waals surface area contributed by atoms with Crippen LogP contribution in [-0.4, -0.2) is 31.4 Å². The molecule has 0 aromatic heterocycles. The van der Waals surface area contributed by atoms with Crippen LogP contribution in [0.2, 0.25) is 0 Å². The number of aromatic carboxylic acids is 1. The molecule has 0 saturated heterocycles. The monoisotopic (exact) mass is 374 g/mol. The van der Waals surface area contributed by atoms with Gasteiger partial charge in [-0.15, -0.1) is 0 Å².